The zero-order valence-corrected chi connectivity index (χ0v) is 34.4. The summed E-state index contributed by atoms with van der Waals surface area (Å²) in [4.78, 5) is 37.4. The van der Waals surface area contributed by atoms with Crippen LogP contribution in [0.25, 0.3) is 0 Å². The van der Waals surface area contributed by atoms with E-state index in [-0.39, 0.29) is 31.6 Å². The molecule has 0 aliphatic heterocycles. The number of rotatable bonds is 36. The second-order valence-electron chi connectivity index (χ2n) is 13.6. The molecule has 0 N–H and O–H groups in total. The van der Waals surface area contributed by atoms with Gasteiger partial charge in [0.05, 0.1) is 6.42 Å². The summed E-state index contributed by atoms with van der Waals surface area (Å²) in [6.07, 6.45) is 54.4. The van der Waals surface area contributed by atoms with Crippen LogP contribution in [0.15, 0.2) is 97.2 Å². The predicted molar refractivity (Wildman–Crippen MR) is 228 cm³/mol. The van der Waals surface area contributed by atoms with Gasteiger partial charge in [0.15, 0.2) is 6.10 Å². The summed E-state index contributed by atoms with van der Waals surface area (Å²) in [5, 5.41) is 0. The average molecular weight is 749 g/mol. The number of hydrogen-bond donors (Lipinski definition) is 0. The Morgan fingerprint density at radius 1 is 0.426 bits per heavy atom. The van der Waals surface area contributed by atoms with Gasteiger partial charge in [0.25, 0.3) is 0 Å². The topological polar surface area (TPSA) is 78.9 Å². The molecule has 0 fully saturated rings. The van der Waals surface area contributed by atoms with E-state index in [9.17, 15) is 14.4 Å². The molecule has 304 valence electrons. The Hall–Kier alpha value is -3.67. The molecule has 0 aromatic carbocycles. The minimum absolute atomic E-state index is 0.0901. The van der Waals surface area contributed by atoms with Gasteiger partial charge in [0.2, 0.25) is 0 Å². The number of hydrogen-bond acceptors (Lipinski definition) is 6. The fourth-order valence-corrected chi connectivity index (χ4v) is 5.25. The minimum Gasteiger partial charge on any atom is -0.462 e. The fraction of sp³-hybridized carbons (Fsp3) is 0.604. The van der Waals surface area contributed by atoms with Crippen molar-refractivity contribution in [2.45, 2.75) is 175 Å². The van der Waals surface area contributed by atoms with E-state index in [1.165, 1.54) is 32.1 Å². The molecule has 0 spiro atoms. The van der Waals surface area contributed by atoms with Gasteiger partial charge in [-0.2, -0.15) is 0 Å². The number of carbonyl (C=O) groups is 3. The van der Waals surface area contributed by atoms with Crippen molar-refractivity contribution in [2.24, 2.45) is 0 Å². The van der Waals surface area contributed by atoms with Crippen LogP contribution in [0.4, 0.5) is 0 Å². The maximum Gasteiger partial charge on any atom is 0.310 e. The van der Waals surface area contributed by atoms with Crippen LogP contribution in [-0.4, -0.2) is 37.2 Å². The maximum absolute atomic E-state index is 12.6. The lowest BCUT2D eigenvalue weighted by Crippen LogP contribution is -2.30. The highest BCUT2D eigenvalue weighted by molar-refractivity contribution is 5.72. The van der Waals surface area contributed by atoms with E-state index < -0.39 is 12.1 Å². The summed E-state index contributed by atoms with van der Waals surface area (Å²) in [6, 6.07) is 0. The van der Waals surface area contributed by atoms with E-state index in [0.29, 0.717) is 19.3 Å². The van der Waals surface area contributed by atoms with Crippen LogP contribution < -0.4 is 0 Å². The first-order chi connectivity index (χ1) is 26.5. The summed E-state index contributed by atoms with van der Waals surface area (Å²) in [6.45, 7) is 6.19. The first-order valence-electron chi connectivity index (χ1n) is 21.3. The van der Waals surface area contributed by atoms with Crippen molar-refractivity contribution in [3.63, 3.8) is 0 Å². The average Bonchev–Trinajstić information content (AvgIpc) is 3.17. The van der Waals surface area contributed by atoms with Crippen LogP contribution in [0.3, 0.4) is 0 Å². The Balaban J connectivity index is 4.46. The molecule has 6 nitrogen and oxygen atoms in total. The van der Waals surface area contributed by atoms with Crippen molar-refractivity contribution in [3.8, 4) is 0 Å². The Labute approximate surface area is 330 Å². The second-order valence-corrected chi connectivity index (χ2v) is 13.6. The molecular formula is C48H76O6. The first-order valence-corrected chi connectivity index (χ1v) is 21.3. The van der Waals surface area contributed by atoms with Crippen LogP contribution in [0.1, 0.15) is 168 Å². The van der Waals surface area contributed by atoms with Crippen molar-refractivity contribution in [3.05, 3.63) is 97.2 Å². The molecule has 0 aliphatic rings. The Morgan fingerprint density at radius 3 is 1.41 bits per heavy atom. The molecular weight excluding hydrogens is 673 g/mol. The Kier molecular flexibility index (Phi) is 39.2. The lowest BCUT2D eigenvalue weighted by atomic mass is 10.1. The molecule has 1 atom stereocenters. The quantitative estimate of drug-likeness (QED) is 0.0209. The smallest absolute Gasteiger partial charge is 0.310 e. The van der Waals surface area contributed by atoms with Gasteiger partial charge in [-0.3, -0.25) is 14.4 Å². The van der Waals surface area contributed by atoms with Crippen molar-refractivity contribution in [1.82, 2.24) is 0 Å². The fourth-order valence-electron chi connectivity index (χ4n) is 5.25. The monoisotopic (exact) mass is 749 g/mol. The second kappa shape index (κ2) is 42.1. The SMILES string of the molecule is CC/C=C\C/C=C\C/C=C\CC(=O)OC(COC(=O)CCCC/C=C\C/C=C\CC)COC(=O)CCCCCCC\C=C/C=C\C=C/CCCCCCC. The van der Waals surface area contributed by atoms with E-state index in [2.05, 4.69) is 106 Å². The van der Waals surface area contributed by atoms with E-state index >= 15 is 0 Å². The molecule has 54 heavy (non-hydrogen) atoms. The van der Waals surface area contributed by atoms with Gasteiger partial charge in [0, 0.05) is 12.8 Å². The summed E-state index contributed by atoms with van der Waals surface area (Å²) in [5.41, 5.74) is 0. The van der Waals surface area contributed by atoms with Crippen LogP contribution >= 0.6 is 0 Å². The van der Waals surface area contributed by atoms with Crippen molar-refractivity contribution in [2.75, 3.05) is 13.2 Å². The standard InChI is InChI=1S/C48H76O6/c1-4-7-10-13-16-19-20-21-22-23-24-25-26-27-30-32-35-38-41-47(50)53-44-45(54-48(51)42-39-36-33-29-18-15-12-9-6-3)43-52-46(49)40-37-34-31-28-17-14-11-8-5-2/h8-9,11-12,17-18,20-25,28-29,36,39,45H,4-7,10,13-16,19,26-27,30-35,37-38,40-44H2,1-3H3/b11-8-,12-9-,21-20-,23-22-,25-24-,28-17-,29-18-,39-36-. The van der Waals surface area contributed by atoms with Crippen molar-refractivity contribution in [1.29, 1.82) is 0 Å². The van der Waals surface area contributed by atoms with E-state index in [1.807, 2.05) is 6.08 Å². The minimum atomic E-state index is -0.845. The summed E-state index contributed by atoms with van der Waals surface area (Å²) >= 11 is 0. The normalized spacial score (nSPS) is 13.0. The molecule has 6 heteroatoms. The summed E-state index contributed by atoms with van der Waals surface area (Å²) < 4.78 is 16.4. The highest BCUT2D eigenvalue weighted by Gasteiger charge is 2.19. The van der Waals surface area contributed by atoms with Crippen LogP contribution in [-0.2, 0) is 28.6 Å². The highest BCUT2D eigenvalue weighted by Crippen LogP contribution is 2.10. The van der Waals surface area contributed by atoms with E-state index in [4.69, 9.17) is 14.2 Å². The van der Waals surface area contributed by atoms with Crippen molar-refractivity contribution >= 4 is 17.9 Å². The molecule has 0 heterocycles. The van der Waals surface area contributed by atoms with Crippen LogP contribution in [0.2, 0.25) is 0 Å². The molecule has 0 aromatic rings. The number of ether oxygens (including phenoxy) is 3. The maximum atomic E-state index is 12.6. The molecule has 1 unspecified atom stereocenters. The lowest BCUT2D eigenvalue weighted by molar-refractivity contribution is -0.166. The number of carbonyl (C=O) groups excluding carboxylic acids is 3. The van der Waals surface area contributed by atoms with Gasteiger partial charge < -0.3 is 14.2 Å². The molecule has 0 saturated carbocycles. The summed E-state index contributed by atoms with van der Waals surface area (Å²) in [5.74, 6) is -1.13. The zero-order valence-electron chi connectivity index (χ0n) is 34.4. The zero-order chi connectivity index (χ0) is 39.4. The first kappa shape index (κ1) is 50.3. The van der Waals surface area contributed by atoms with Gasteiger partial charge >= 0.3 is 17.9 Å². The molecule has 0 aliphatic carbocycles. The van der Waals surface area contributed by atoms with E-state index in [0.717, 1.165) is 89.9 Å². The molecule has 0 saturated heterocycles. The number of allylic oxidation sites excluding steroid dienone is 15. The van der Waals surface area contributed by atoms with E-state index in [1.54, 1.807) is 6.08 Å². The number of unbranched alkanes of at least 4 members (excludes halogenated alkanes) is 12. The van der Waals surface area contributed by atoms with Crippen molar-refractivity contribution < 1.29 is 28.6 Å². The highest BCUT2D eigenvalue weighted by atomic mass is 16.6. The molecule has 0 amide bonds. The third kappa shape index (κ3) is 39.5. The third-order valence-electron chi connectivity index (χ3n) is 8.40. The third-order valence-corrected chi connectivity index (χ3v) is 8.40. The summed E-state index contributed by atoms with van der Waals surface area (Å²) in [7, 11) is 0. The van der Waals surface area contributed by atoms with Gasteiger partial charge in [-0.25, -0.2) is 0 Å². The van der Waals surface area contributed by atoms with Gasteiger partial charge in [-0.1, -0.05) is 163 Å². The Morgan fingerprint density at radius 2 is 0.852 bits per heavy atom. The number of esters is 3. The molecule has 0 aromatic heterocycles. The molecule has 0 bridgehead atoms. The largest absolute Gasteiger partial charge is 0.462 e. The predicted octanol–water partition coefficient (Wildman–Crippen LogP) is 13.5. The lowest BCUT2D eigenvalue weighted by Gasteiger charge is -2.18. The van der Waals surface area contributed by atoms with Gasteiger partial charge in [0.1, 0.15) is 13.2 Å². The van der Waals surface area contributed by atoms with Gasteiger partial charge in [-0.15, -0.1) is 0 Å². The Bertz CT molecular complexity index is 1140. The van der Waals surface area contributed by atoms with Crippen LogP contribution in [0, 0.1) is 0 Å². The van der Waals surface area contributed by atoms with Gasteiger partial charge in [-0.05, 0) is 83.5 Å². The van der Waals surface area contributed by atoms with Crippen LogP contribution in [0.5, 0.6) is 0 Å². The molecule has 0 rings (SSSR count). The molecule has 0 radical (unpaired) electrons.